The second-order valence-electron chi connectivity index (χ2n) is 7.29. The summed E-state index contributed by atoms with van der Waals surface area (Å²) in [5.74, 6) is -0.975. The number of rotatable bonds is 7. The fraction of sp³-hybridized carbons (Fsp3) is 0.286. The topological polar surface area (TPSA) is 131 Å². The maximum absolute atomic E-state index is 13.3. The largest absolute Gasteiger partial charge is 0.488 e. The number of fused-ring (bicyclic) bond motifs is 1. The quantitative estimate of drug-likeness (QED) is 0.591. The van der Waals surface area contributed by atoms with Crippen molar-refractivity contribution in [3.63, 3.8) is 0 Å². The van der Waals surface area contributed by atoms with Gasteiger partial charge in [-0.2, -0.15) is 0 Å². The monoisotopic (exact) mass is 431 g/mol. The molecule has 0 spiro atoms. The summed E-state index contributed by atoms with van der Waals surface area (Å²) in [6.45, 7) is 1.26. The molecule has 0 radical (unpaired) electrons. The van der Waals surface area contributed by atoms with E-state index < -0.39 is 29.3 Å². The highest BCUT2D eigenvalue weighted by Crippen LogP contribution is 2.45. The zero-order valence-electron chi connectivity index (χ0n) is 16.5. The van der Waals surface area contributed by atoms with Crippen LogP contribution in [0.15, 0.2) is 34.9 Å². The van der Waals surface area contributed by atoms with Crippen LogP contribution in [0.2, 0.25) is 0 Å². The number of hydrogen-bond acceptors (Lipinski definition) is 6. The number of hydrogen-bond donors (Lipinski definition) is 2. The molecule has 0 atom stereocenters. The van der Waals surface area contributed by atoms with Crippen LogP contribution >= 0.6 is 0 Å². The van der Waals surface area contributed by atoms with Gasteiger partial charge in [-0.05, 0) is 25.1 Å². The van der Waals surface area contributed by atoms with Crippen LogP contribution in [0.1, 0.15) is 39.4 Å². The van der Waals surface area contributed by atoms with E-state index >= 15 is 0 Å². The predicted octanol–water partition coefficient (Wildman–Crippen LogP) is 2.51. The smallest absolute Gasteiger partial charge is 0.280 e. The van der Waals surface area contributed by atoms with Crippen LogP contribution in [0.5, 0.6) is 5.75 Å². The van der Waals surface area contributed by atoms with Crippen molar-refractivity contribution in [3.05, 3.63) is 58.6 Å². The molecule has 3 heterocycles. The Bertz CT molecular complexity index is 1190. The summed E-state index contributed by atoms with van der Waals surface area (Å²) in [6, 6.07) is 6.08. The number of aromatic nitrogens is 1. The van der Waals surface area contributed by atoms with Crippen LogP contribution in [0, 0.1) is 6.92 Å². The molecule has 31 heavy (non-hydrogen) atoms. The van der Waals surface area contributed by atoms with Gasteiger partial charge < -0.3 is 25.4 Å². The lowest BCUT2D eigenvalue weighted by Crippen LogP contribution is -2.56. The normalized spacial score (nSPS) is 15.1. The molecule has 2 aromatic heterocycles. The third-order valence-electron chi connectivity index (χ3n) is 5.40. The van der Waals surface area contributed by atoms with E-state index in [1.54, 1.807) is 13.0 Å². The molecule has 4 N–H and O–H groups in total. The standard InChI is InChI=1S/C21H19F2N3O5/c1-10-14(19(24)27)15-12(31-10)4-5-13(16(15)21(20(25)28)8-29-9-21)30-7-11-3-2-6-26-17(11)18(22)23/h2-6,18H,7-9H2,1H3,(H2,24,27)(H2,25,28). The average molecular weight is 431 g/mol. The number of carbonyl (C=O) groups excluding carboxylic acids is 2. The zero-order chi connectivity index (χ0) is 22.3. The summed E-state index contributed by atoms with van der Waals surface area (Å²) >= 11 is 0. The number of amides is 2. The molecule has 2 amide bonds. The number of halogens is 2. The van der Waals surface area contributed by atoms with Crippen molar-refractivity contribution in [1.29, 1.82) is 0 Å². The molecule has 3 aromatic rings. The molecule has 1 saturated heterocycles. The number of ether oxygens (including phenoxy) is 2. The van der Waals surface area contributed by atoms with E-state index in [2.05, 4.69) is 4.98 Å². The van der Waals surface area contributed by atoms with Gasteiger partial charge in [0.25, 0.3) is 12.3 Å². The Kier molecular flexibility index (Phi) is 5.10. The van der Waals surface area contributed by atoms with Gasteiger partial charge in [0.2, 0.25) is 5.91 Å². The van der Waals surface area contributed by atoms with Gasteiger partial charge in [0.15, 0.2) is 0 Å². The third kappa shape index (κ3) is 3.28. The highest BCUT2D eigenvalue weighted by Gasteiger charge is 2.50. The lowest BCUT2D eigenvalue weighted by atomic mass is 9.75. The van der Waals surface area contributed by atoms with Crippen LogP contribution in [-0.4, -0.2) is 30.0 Å². The summed E-state index contributed by atoms with van der Waals surface area (Å²) in [5, 5.41) is 0.296. The van der Waals surface area contributed by atoms with Crippen molar-refractivity contribution in [2.24, 2.45) is 11.5 Å². The summed E-state index contributed by atoms with van der Waals surface area (Å²) in [7, 11) is 0. The number of aryl methyl sites for hydroxylation is 1. The van der Waals surface area contributed by atoms with E-state index in [-0.39, 0.29) is 48.0 Å². The molecule has 0 saturated carbocycles. The van der Waals surface area contributed by atoms with E-state index in [4.69, 9.17) is 25.4 Å². The average Bonchev–Trinajstić information content (AvgIpc) is 3.02. The first-order valence-corrected chi connectivity index (χ1v) is 9.35. The van der Waals surface area contributed by atoms with Gasteiger partial charge in [0.1, 0.15) is 34.8 Å². The van der Waals surface area contributed by atoms with Crippen LogP contribution < -0.4 is 16.2 Å². The summed E-state index contributed by atoms with van der Waals surface area (Å²) < 4.78 is 43.4. The zero-order valence-corrected chi connectivity index (χ0v) is 16.5. The summed E-state index contributed by atoms with van der Waals surface area (Å²) in [5.41, 5.74) is 10.5. The van der Waals surface area contributed by atoms with Gasteiger partial charge in [-0.3, -0.25) is 14.6 Å². The van der Waals surface area contributed by atoms with Crippen LogP contribution in [0.25, 0.3) is 11.0 Å². The van der Waals surface area contributed by atoms with E-state index in [9.17, 15) is 18.4 Å². The molecule has 1 aliphatic rings. The van der Waals surface area contributed by atoms with Crippen molar-refractivity contribution in [2.45, 2.75) is 25.4 Å². The van der Waals surface area contributed by atoms with E-state index in [0.29, 0.717) is 11.0 Å². The molecule has 1 aliphatic heterocycles. The Morgan fingerprint density at radius 2 is 2.00 bits per heavy atom. The van der Waals surface area contributed by atoms with E-state index in [0.717, 1.165) is 0 Å². The number of alkyl halides is 2. The minimum absolute atomic E-state index is 0.0323. The van der Waals surface area contributed by atoms with Crippen LogP contribution in [0.4, 0.5) is 8.78 Å². The van der Waals surface area contributed by atoms with Crippen molar-refractivity contribution in [1.82, 2.24) is 4.98 Å². The van der Waals surface area contributed by atoms with Gasteiger partial charge in [-0.15, -0.1) is 0 Å². The molecular formula is C21H19F2N3O5. The number of nitrogens with two attached hydrogens (primary N) is 2. The SMILES string of the molecule is Cc1oc2ccc(OCc3cccnc3C(F)F)c(C3(C(N)=O)COC3)c2c1C(N)=O. The number of primary amides is 2. The van der Waals surface area contributed by atoms with Crippen LogP contribution in [0.3, 0.4) is 0 Å². The highest BCUT2D eigenvalue weighted by molar-refractivity contribution is 6.10. The van der Waals surface area contributed by atoms with Crippen molar-refractivity contribution in [3.8, 4) is 5.75 Å². The Hall–Kier alpha value is -3.53. The number of benzene rings is 1. The van der Waals surface area contributed by atoms with Crippen LogP contribution in [-0.2, 0) is 21.6 Å². The van der Waals surface area contributed by atoms with Gasteiger partial charge in [0.05, 0.1) is 18.8 Å². The molecule has 0 bridgehead atoms. The molecule has 0 aliphatic carbocycles. The lowest BCUT2D eigenvalue weighted by molar-refractivity contribution is -0.141. The molecular weight excluding hydrogens is 412 g/mol. The fourth-order valence-electron chi connectivity index (χ4n) is 3.82. The molecule has 8 nitrogen and oxygen atoms in total. The Labute approximate surface area is 175 Å². The van der Waals surface area contributed by atoms with Gasteiger partial charge in [0, 0.05) is 22.7 Å². The van der Waals surface area contributed by atoms with Gasteiger partial charge in [-0.25, -0.2) is 8.78 Å². The van der Waals surface area contributed by atoms with Crippen molar-refractivity contribution in [2.75, 3.05) is 13.2 Å². The minimum atomic E-state index is -2.78. The number of pyridine rings is 1. The minimum Gasteiger partial charge on any atom is -0.488 e. The maximum Gasteiger partial charge on any atom is 0.280 e. The predicted molar refractivity (Wildman–Crippen MR) is 105 cm³/mol. The van der Waals surface area contributed by atoms with Gasteiger partial charge in [-0.1, -0.05) is 6.07 Å². The Balaban J connectivity index is 1.88. The summed E-state index contributed by atoms with van der Waals surface area (Å²) in [6.07, 6.45) is -1.51. The second kappa shape index (κ2) is 7.62. The Morgan fingerprint density at radius 3 is 2.58 bits per heavy atom. The third-order valence-corrected chi connectivity index (χ3v) is 5.40. The highest BCUT2D eigenvalue weighted by atomic mass is 19.3. The van der Waals surface area contributed by atoms with Crippen molar-refractivity contribution >= 4 is 22.8 Å². The summed E-state index contributed by atoms with van der Waals surface area (Å²) in [4.78, 5) is 28.3. The molecule has 1 fully saturated rings. The number of furan rings is 1. The second-order valence-corrected chi connectivity index (χ2v) is 7.29. The van der Waals surface area contributed by atoms with E-state index in [1.807, 2.05) is 0 Å². The molecule has 10 heteroatoms. The maximum atomic E-state index is 13.3. The number of nitrogens with zero attached hydrogens (tertiary/aromatic N) is 1. The van der Waals surface area contributed by atoms with Gasteiger partial charge >= 0.3 is 0 Å². The first kappa shape index (κ1) is 20.7. The fourth-order valence-corrected chi connectivity index (χ4v) is 3.82. The first-order chi connectivity index (χ1) is 14.8. The molecule has 4 rings (SSSR count). The Morgan fingerprint density at radius 1 is 1.26 bits per heavy atom. The molecule has 162 valence electrons. The molecule has 1 aromatic carbocycles. The first-order valence-electron chi connectivity index (χ1n) is 9.35. The number of carbonyl (C=O) groups is 2. The molecule has 0 unspecified atom stereocenters. The van der Waals surface area contributed by atoms with E-state index in [1.165, 1.54) is 24.4 Å². The van der Waals surface area contributed by atoms with Crippen molar-refractivity contribution < 1.29 is 32.3 Å². The lowest BCUT2D eigenvalue weighted by Gasteiger charge is -2.40.